The Labute approximate surface area is 105 Å². The van der Waals surface area contributed by atoms with E-state index in [9.17, 15) is 9.59 Å². The molecular formula is C12H17NO3S. The Morgan fingerprint density at radius 3 is 2.65 bits per heavy atom. The van der Waals surface area contributed by atoms with Gasteiger partial charge in [0.2, 0.25) is 5.91 Å². The smallest absolute Gasteiger partial charge is 0.303 e. The van der Waals surface area contributed by atoms with Crippen LogP contribution in [0, 0.1) is 5.41 Å². The number of hydrogen-bond acceptors (Lipinski definition) is 3. The average Bonchev–Trinajstić information content (AvgIpc) is 2.63. The van der Waals surface area contributed by atoms with Crippen LogP contribution in [0.4, 0.5) is 0 Å². The minimum Gasteiger partial charge on any atom is -0.481 e. The Morgan fingerprint density at radius 1 is 1.41 bits per heavy atom. The van der Waals surface area contributed by atoms with Gasteiger partial charge < -0.3 is 10.4 Å². The van der Waals surface area contributed by atoms with Gasteiger partial charge in [0, 0.05) is 13.0 Å². The number of thiophene rings is 1. The summed E-state index contributed by atoms with van der Waals surface area (Å²) in [6.07, 6.45) is 0.225. The highest BCUT2D eigenvalue weighted by molar-refractivity contribution is 7.07. The highest BCUT2D eigenvalue weighted by Gasteiger charge is 2.24. The largest absolute Gasteiger partial charge is 0.481 e. The highest BCUT2D eigenvalue weighted by atomic mass is 32.1. The molecule has 1 aromatic rings. The van der Waals surface area contributed by atoms with Crippen molar-refractivity contribution in [2.75, 3.05) is 0 Å². The van der Waals surface area contributed by atoms with Gasteiger partial charge in [-0.1, -0.05) is 13.8 Å². The Hall–Kier alpha value is -1.36. The van der Waals surface area contributed by atoms with Gasteiger partial charge in [0.15, 0.2) is 0 Å². The monoisotopic (exact) mass is 255 g/mol. The van der Waals surface area contributed by atoms with E-state index in [1.54, 1.807) is 25.2 Å². The first-order valence-corrected chi connectivity index (χ1v) is 6.33. The average molecular weight is 255 g/mol. The first-order valence-electron chi connectivity index (χ1n) is 5.39. The summed E-state index contributed by atoms with van der Waals surface area (Å²) in [6, 6.07) is 1.95. The summed E-state index contributed by atoms with van der Waals surface area (Å²) in [5, 5.41) is 15.4. The van der Waals surface area contributed by atoms with Gasteiger partial charge in [-0.25, -0.2) is 0 Å². The number of nitrogens with one attached hydrogen (secondary N) is 1. The Balaban J connectivity index is 2.36. The van der Waals surface area contributed by atoms with E-state index in [2.05, 4.69) is 5.32 Å². The molecule has 0 fully saturated rings. The van der Waals surface area contributed by atoms with Crippen molar-refractivity contribution >= 4 is 23.2 Å². The molecule has 0 aromatic carbocycles. The van der Waals surface area contributed by atoms with E-state index >= 15 is 0 Å². The SMILES string of the molecule is CC(C)(CC(=O)O)CC(=O)NCc1ccsc1. The van der Waals surface area contributed by atoms with Crippen molar-refractivity contribution in [1.29, 1.82) is 0 Å². The van der Waals surface area contributed by atoms with Gasteiger partial charge in [-0.15, -0.1) is 0 Å². The predicted molar refractivity (Wildman–Crippen MR) is 66.8 cm³/mol. The second-order valence-electron chi connectivity index (χ2n) is 4.82. The lowest BCUT2D eigenvalue weighted by Crippen LogP contribution is -2.29. The van der Waals surface area contributed by atoms with Crippen LogP contribution in [0.2, 0.25) is 0 Å². The fourth-order valence-electron chi connectivity index (χ4n) is 1.56. The molecule has 1 amide bonds. The van der Waals surface area contributed by atoms with Crippen LogP contribution >= 0.6 is 11.3 Å². The number of aliphatic carboxylic acids is 1. The van der Waals surface area contributed by atoms with Crippen LogP contribution in [0.25, 0.3) is 0 Å². The van der Waals surface area contributed by atoms with Crippen LogP contribution < -0.4 is 5.32 Å². The zero-order valence-electron chi connectivity index (χ0n) is 10.0. The minimum absolute atomic E-state index is 0.00112. The molecule has 0 saturated heterocycles. The molecule has 0 atom stereocenters. The van der Waals surface area contributed by atoms with Crippen molar-refractivity contribution in [2.24, 2.45) is 5.41 Å². The zero-order valence-corrected chi connectivity index (χ0v) is 10.8. The fourth-order valence-corrected chi connectivity index (χ4v) is 2.23. The van der Waals surface area contributed by atoms with Crippen molar-refractivity contribution in [1.82, 2.24) is 5.32 Å². The molecule has 0 radical (unpaired) electrons. The Bertz CT molecular complexity index is 384. The number of amides is 1. The van der Waals surface area contributed by atoms with Gasteiger partial charge in [0.1, 0.15) is 0 Å². The van der Waals surface area contributed by atoms with Gasteiger partial charge in [0.25, 0.3) is 0 Å². The summed E-state index contributed by atoms with van der Waals surface area (Å²) in [4.78, 5) is 22.2. The molecule has 5 heteroatoms. The summed E-state index contributed by atoms with van der Waals surface area (Å²) in [5.74, 6) is -0.983. The van der Waals surface area contributed by atoms with Gasteiger partial charge in [0.05, 0.1) is 6.42 Å². The third-order valence-electron chi connectivity index (χ3n) is 2.34. The van der Waals surface area contributed by atoms with Gasteiger partial charge in [-0.3, -0.25) is 9.59 Å². The summed E-state index contributed by atoms with van der Waals surface area (Å²) < 4.78 is 0. The number of carbonyl (C=O) groups is 2. The highest BCUT2D eigenvalue weighted by Crippen LogP contribution is 2.24. The lowest BCUT2D eigenvalue weighted by Gasteiger charge is -2.21. The van der Waals surface area contributed by atoms with E-state index in [0.717, 1.165) is 5.56 Å². The molecule has 17 heavy (non-hydrogen) atoms. The third kappa shape index (κ3) is 5.49. The summed E-state index contributed by atoms with van der Waals surface area (Å²) in [5.41, 5.74) is 0.560. The molecule has 1 rings (SSSR count). The lowest BCUT2D eigenvalue weighted by atomic mass is 9.85. The molecule has 0 saturated carbocycles. The molecule has 0 aliphatic rings. The number of carbonyl (C=O) groups excluding carboxylic acids is 1. The molecule has 94 valence electrons. The van der Waals surface area contributed by atoms with Crippen molar-refractivity contribution in [3.63, 3.8) is 0 Å². The van der Waals surface area contributed by atoms with E-state index < -0.39 is 11.4 Å². The molecule has 1 aromatic heterocycles. The molecular weight excluding hydrogens is 238 g/mol. The van der Waals surface area contributed by atoms with E-state index in [0.29, 0.717) is 6.54 Å². The van der Waals surface area contributed by atoms with Crippen molar-refractivity contribution in [2.45, 2.75) is 33.2 Å². The second-order valence-corrected chi connectivity index (χ2v) is 5.60. The van der Waals surface area contributed by atoms with Gasteiger partial charge >= 0.3 is 5.97 Å². The van der Waals surface area contributed by atoms with Crippen LogP contribution in [0.5, 0.6) is 0 Å². The maximum absolute atomic E-state index is 11.6. The number of hydrogen-bond donors (Lipinski definition) is 2. The molecule has 0 unspecified atom stereocenters. The summed E-state index contributed by atoms with van der Waals surface area (Å²) in [6.45, 7) is 4.07. The maximum atomic E-state index is 11.6. The fraction of sp³-hybridized carbons (Fsp3) is 0.500. The standard InChI is InChI=1S/C12H17NO3S/c1-12(2,6-11(15)16)5-10(14)13-7-9-3-4-17-8-9/h3-4,8H,5-7H2,1-2H3,(H,13,14)(H,15,16). The minimum atomic E-state index is -0.874. The Kier molecular flexibility index (Phi) is 4.69. The van der Waals surface area contributed by atoms with E-state index in [1.165, 1.54) is 0 Å². The second kappa shape index (κ2) is 5.82. The predicted octanol–water partition coefficient (Wildman–Crippen LogP) is 2.26. The topological polar surface area (TPSA) is 66.4 Å². The number of rotatable bonds is 6. The number of carboxylic acids is 1. The van der Waals surface area contributed by atoms with Crippen LogP contribution in [0.3, 0.4) is 0 Å². The maximum Gasteiger partial charge on any atom is 0.303 e. The molecule has 2 N–H and O–H groups in total. The van der Waals surface area contributed by atoms with Crippen LogP contribution in [-0.4, -0.2) is 17.0 Å². The molecule has 0 aliphatic heterocycles. The first-order chi connectivity index (χ1) is 7.89. The van der Waals surface area contributed by atoms with Crippen molar-refractivity contribution in [3.05, 3.63) is 22.4 Å². The molecule has 4 nitrogen and oxygen atoms in total. The zero-order chi connectivity index (χ0) is 12.9. The van der Waals surface area contributed by atoms with E-state index in [1.807, 2.05) is 16.8 Å². The van der Waals surface area contributed by atoms with Crippen LogP contribution in [0.1, 0.15) is 32.3 Å². The number of carboxylic acid groups (broad SMARTS) is 1. The molecule has 0 bridgehead atoms. The van der Waals surface area contributed by atoms with Crippen LogP contribution in [-0.2, 0) is 16.1 Å². The van der Waals surface area contributed by atoms with Gasteiger partial charge in [-0.05, 0) is 27.8 Å². The van der Waals surface area contributed by atoms with Crippen molar-refractivity contribution in [3.8, 4) is 0 Å². The molecule has 1 heterocycles. The summed E-state index contributed by atoms with van der Waals surface area (Å²) >= 11 is 1.58. The van der Waals surface area contributed by atoms with Crippen molar-refractivity contribution < 1.29 is 14.7 Å². The van der Waals surface area contributed by atoms with Crippen LogP contribution in [0.15, 0.2) is 16.8 Å². The quantitative estimate of drug-likeness (QED) is 0.819. The molecule has 0 aliphatic carbocycles. The van der Waals surface area contributed by atoms with E-state index in [-0.39, 0.29) is 18.7 Å². The third-order valence-corrected chi connectivity index (χ3v) is 3.07. The lowest BCUT2D eigenvalue weighted by molar-refractivity contribution is -0.139. The van der Waals surface area contributed by atoms with Gasteiger partial charge in [-0.2, -0.15) is 11.3 Å². The Morgan fingerprint density at radius 2 is 2.12 bits per heavy atom. The first kappa shape index (κ1) is 13.7. The normalized spacial score (nSPS) is 11.2. The summed E-state index contributed by atoms with van der Waals surface area (Å²) in [7, 11) is 0. The molecule has 0 spiro atoms. The van der Waals surface area contributed by atoms with E-state index in [4.69, 9.17) is 5.11 Å².